The van der Waals surface area contributed by atoms with Gasteiger partial charge in [-0.2, -0.15) is 23.3 Å². The zero-order valence-electron chi connectivity index (χ0n) is 29.0. The van der Waals surface area contributed by atoms with Crippen LogP contribution in [0, 0.1) is 26.0 Å². The smallest absolute Gasteiger partial charge is 0.509 e. The number of rotatable bonds is 7. The van der Waals surface area contributed by atoms with E-state index in [0.29, 0.717) is 11.5 Å². The Kier molecular flexibility index (Phi) is 9.99. The Morgan fingerprint density at radius 1 is 0.604 bits per heavy atom. The number of hydrogen-bond acceptors (Lipinski definition) is 3. The minimum absolute atomic E-state index is 0. The van der Waals surface area contributed by atoms with Crippen molar-refractivity contribution in [3.8, 4) is 17.2 Å². The van der Waals surface area contributed by atoms with Gasteiger partial charge in [0.15, 0.2) is 0 Å². The van der Waals surface area contributed by atoms with Crippen molar-refractivity contribution in [3.63, 3.8) is 0 Å². The molecule has 4 aromatic carbocycles. The first-order chi connectivity index (χ1) is 22.4. The quantitative estimate of drug-likeness (QED) is 0.119. The molecule has 0 spiro atoms. The molecule has 2 aromatic heterocycles. The van der Waals surface area contributed by atoms with Crippen LogP contribution in [0.4, 0.5) is 0 Å². The standard InChI is InChI=1S/C43H43N3O.Pt/c1-30-27-31(2)46(45-30)37-14-12-16-39(29-37)47-38-15-11-13-36(28-38)43(40-17-9-10-26-44-40,34-22-18-32(19-23-34)41(3,4)5)35-24-20-33(21-25-35)42(6,7)8;/h9-27H,1-8H3;/q-2;+2. The molecule has 0 radical (unpaired) electrons. The molecule has 0 bridgehead atoms. The van der Waals surface area contributed by atoms with Gasteiger partial charge in [-0.1, -0.05) is 96.1 Å². The number of pyridine rings is 1. The van der Waals surface area contributed by atoms with E-state index in [-0.39, 0.29) is 31.9 Å². The van der Waals surface area contributed by atoms with Crippen LogP contribution < -0.4 is 4.74 Å². The Labute approximate surface area is 300 Å². The molecule has 6 rings (SSSR count). The molecule has 0 aliphatic rings. The zero-order chi connectivity index (χ0) is 33.4. The molecule has 0 saturated carbocycles. The van der Waals surface area contributed by atoms with Crippen LogP contribution in [0.2, 0.25) is 0 Å². The Hall–Kier alpha value is -4.27. The summed E-state index contributed by atoms with van der Waals surface area (Å²) in [5, 5.41) is 4.63. The van der Waals surface area contributed by atoms with Crippen molar-refractivity contribution in [1.29, 1.82) is 0 Å². The normalized spacial score (nSPS) is 12.0. The molecule has 6 aromatic rings. The number of ether oxygens (including phenoxy) is 1. The van der Waals surface area contributed by atoms with Gasteiger partial charge in [0.25, 0.3) is 0 Å². The van der Waals surface area contributed by atoms with Gasteiger partial charge in [-0.15, -0.1) is 35.9 Å². The van der Waals surface area contributed by atoms with Gasteiger partial charge in [0.2, 0.25) is 0 Å². The topological polar surface area (TPSA) is 39.9 Å². The van der Waals surface area contributed by atoms with Crippen molar-refractivity contribution < 1.29 is 25.8 Å². The van der Waals surface area contributed by atoms with E-state index in [1.54, 1.807) is 0 Å². The molecule has 2 heterocycles. The molecule has 0 N–H and O–H groups in total. The maximum absolute atomic E-state index is 6.49. The number of nitrogens with zero attached hydrogens (tertiary/aromatic N) is 3. The van der Waals surface area contributed by atoms with E-state index in [2.05, 4.69) is 132 Å². The van der Waals surface area contributed by atoms with E-state index >= 15 is 0 Å². The summed E-state index contributed by atoms with van der Waals surface area (Å²) >= 11 is 0. The van der Waals surface area contributed by atoms with Gasteiger partial charge >= 0.3 is 21.1 Å². The van der Waals surface area contributed by atoms with E-state index in [1.807, 2.05) is 61.1 Å². The van der Waals surface area contributed by atoms with Gasteiger partial charge in [-0.25, -0.2) is 0 Å². The average Bonchev–Trinajstić information content (AvgIpc) is 3.39. The van der Waals surface area contributed by atoms with E-state index in [9.17, 15) is 0 Å². The van der Waals surface area contributed by atoms with Crippen LogP contribution in [-0.4, -0.2) is 14.8 Å². The molecule has 0 fully saturated rings. The number of hydrogen-bond donors (Lipinski definition) is 0. The second-order valence-corrected chi connectivity index (χ2v) is 14.4. The maximum Gasteiger partial charge on any atom is 2.00 e. The molecule has 0 unspecified atom stereocenters. The van der Waals surface area contributed by atoms with Crippen LogP contribution in [0.1, 0.15) is 86.4 Å². The summed E-state index contributed by atoms with van der Waals surface area (Å²) in [5.41, 5.74) is 8.74. The number of aryl methyl sites for hydroxylation is 2. The number of benzene rings is 4. The third-order valence-electron chi connectivity index (χ3n) is 8.80. The van der Waals surface area contributed by atoms with Gasteiger partial charge in [-0.05, 0) is 70.8 Å². The molecule has 0 aliphatic heterocycles. The molecule has 0 amide bonds. The molecule has 0 saturated heterocycles. The summed E-state index contributed by atoms with van der Waals surface area (Å²) in [4.78, 5) is 5.02. The van der Waals surface area contributed by atoms with Gasteiger partial charge in [-0.3, -0.25) is 9.67 Å². The van der Waals surface area contributed by atoms with Gasteiger partial charge in [0.1, 0.15) is 0 Å². The van der Waals surface area contributed by atoms with E-state index in [1.165, 1.54) is 11.1 Å². The van der Waals surface area contributed by atoms with E-state index in [0.717, 1.165) is 39.5 Å². The molecule has 5 heteroatoms. The summed E-state index contributed by atoms with van der Waals surface area (Å²) in [6.45, 7) is 17.5. The average molecular weight is 813 g/mol. The van der Waals surface area contributed by atoms with Crippen molar-refractivity contribution in [2.45, 2.75) is 71.6 Å². The van der Waals surface area contributed by atoms with Crippen LogP contribution in [0.15, 0.2) is 115 Å². The first kappa shape index (κ1) is 35.0. The van der Waals surface area contributed by atoms with E-state index in [4.69, 9.17) is 9.72 Å². The summed E-state index contributed by atoms with van der Waals surface area (Å²) in [6, 6.07) is 45.3. The minimum atomic E-state index is -0.761. The van der Waals surface area contributed by atoms with Crippen molar-refractivity contribution in [3.05, 3.63) is 172 Å². The molecule has 0 atom stereocenters. The fraction of sp³-hybridized carbons (Fsp3) is 0.256. The zero-order valence-corrected chi connectivity index (χ0v) is 31.3. The van der Waals surface area contributed by atoms with E-state index < -0.39 is 5.41 Å². The van der Waals surface area contributed by atoms with Crippen LogP contribution in [0.25, 0.3) is 5.69 Å². The number of aromatic nitrogens is 3. The molecular weight excluding hydrogens is 770 g/mol. The largest absolute Gasteiger partial charge is 2.00 e. The molecule has 4 nitrogen and oxygen atoms in total. The second kappa shape index (κ2) is 13.7. The van der Waals surface area contributed by atoms with Crippen LogP contribution in [0.3, 0.4) is 0 Å². The van der Waals surface area contributed by atoms with Gasteiger partial charge < -0.3 is 4.74 Å². The summed E-state index contributed by atoms with van der Waals surface area (Å²) in [5.74, 6) is 1.19. The predicted molar refractivity (Wildman–Crippen MR) is 191 cm³/mol. The third-order valence-corrected chi connectivity index (χ3v) is 8.80. The Morgan fingerprint density at radius 3 is 1.65 bits per heavy atom. The van der Waals surface area contributed by atoms with Gasteiger partial charge in [0.05, 0.1) is 16.8 Å². The third kappa shape index (κ3) is 6.96. The Balaban J connectivity index is 0.00000451. The van der Waals surface area contributed by atoms with Crippen molar-refractivity contribution in [2.75, 3.05) is 0 Å². The van der Waals surface area contributed by atoms with Gasteiger partial charge in [0, 0.05) is 23.4 Å². The first-order valence-corrected chi connectivity index (χ1v) is 16.3. The summed E-state index contributed by atoms with van der Waals surface area (Å²) < 4.78 is 8.37. The van der Waals surface area contributed by atoms with Crippen LogP contribution in [0.5, 0.6) is 11.5 Å². The van der Waals surface area contributed by atoms with Crippen LogP contribution >= 0.6 is 0 Å². The molecular formula is C43H43N3OPt. The van der Waals surface area contributed by atoms with Crippen molar-refractivity contribution >= 4 is 0 Å². The summed E-state index contributed by atoms with van der Waals surface area (Å²) in [6.07, 6.45) is 1.87. The monoisotopic (exact) mass is 812 g/mol. The van der Waals surface area contributed by atoms with Crippen molar-refractivity contribution in [2.24, 2.45) is 0 Å². The minimum Gasteiger partial charge on any atom is -0.509 e. The van der Waals surface area contributed by atoms with Crippen molar-refractivity contribution in [1.82, 2.24) is 14.8 Å². The Bertz CT molecular complexity index is 1920. The summed E-state index contributed by atoms with van der Waals surface area (Å²) in [7, 11) is 0. The fourth-order valence-electron chi connectivity index (χ4n) is 6.27. The van der Waals surface area contributed by atoms with Crippen LogP contribution in [-0.2, 0) is 37.3 Å². The fourth-order valence-corrected chi connectivity index (χ4v) is 6.27. The SMILES string of the molecule is Cc1cc(C)n(-c2[c-]c(Oc3[c-]c(C(c4ccc(C(C)(C)C)cc4)(c4ccc(C(C)(C)C)cc4)c4ccccn4)ccc3)ccc2)n1.[Pt+2]. The molecule has 0 aliphatic carbocycles. The molecule has 48 heavy (non-hydrogen) atoms. The molecule has 246 valence electrons. The predicted octanol–water partition coefficient (Wildman–Crippen LogP) is 10.3. The Morgan fingerprint density at radius 2 is 1.15 bits per heavy atom. The maximum atomic E-state index is 6.49. The first-order valence-electron chi connectivity index (χ1n) is 16.3. The second-order valence-electron chi connectivity index (χ2n) is 14.4.